The summed E-state index contributed by atoms with van der Waals surface area (Å²) >= 11 is 0. The van der Waals surface area contributed by atoms with Gasteiger partial charge in [0.2, 0.25) is 0 Å². The van der Waals surface area contributed by atoms with Crippen molar-refractivity contribution < 1.29 is 14.2 Å². The summed E-state index contributed by atoms with van der Waals surface area (Å²) in [7, 11) is 5.18. The van der Waals surface area contributed by atoms with Crippen LogP contribution in [0, 0.1) is 0 Å². The molecule has 9 heteroatoms. The Balaban J connectivity index is 0.00000289. The molecule has 174 valence electrons. The van der Waals surface area contributed by atoms with Crippen LogP contribution in [0.15, 0.2) is 35.5 Å². The van der Waals surface area contributed by atoms with Gasteiger partial charge in [0.15, 0.2) is 17.5 Å². The molecular weight excluding hydrogens is 521 g/mol. The maximum atomic E-state index is 5.49. The van der Waals surface area contributed by atoms with Gasteiger partial charge >= 0.3 is 0 Å². The van der Waals surface area contributed by atoms with Crippen molar-refractivity contribution in [1.82, 2.24) is 15.2 Å². The van der Waals surface area contributed by atoms with Gasteiger partial charge in [-0.2, -0.15) is 0 Å². The molecule has 0 atom stereocenters. The predicted molar refractivity (Wildman–Crippen MR) is 137 cm³/mol. The van der Waals surface area contributed by atoms with E-state index in [1.54, 1.807) is 14.2 Å². The average Bonchev–Trinajstić information content (AvgIpc) is 2.84. The van der Waals surface area contributed by atoms with Crippen molar-refractivity contribution in [2.75, 3.05) is 59.0 Å². The number of aromatic nitrogens is 1. The summed E-state index contributed by atoms with van der Waals surface area (Å²) < 4.78 is 16.4. The lowest BCUT2D eigenvalue weighted by molar-refractivity contribution is 0.122. The number of rotatable bonds is 5. The second-order valence-corrected chi connectivity index (χ2v) is 7.63. The van der Waals surface area contributed by atoms with E-state index in [1.807, 2.05) is 19.3 Å². The highest BCUT2D eigenvalue weighted by molar-refractivity contribution is 14.0. The molecule has 1 N–H and O–H groups in total. The molecule has 3 heterocycles. The topological polar surface area (TPSA) is 71.5 Å². The highest BCUT2D eigenvalue weighted by Gasteiger charge is 2.22. The molecule has 4 rings (SSSR count). The van der Waals surface area contributed by atoms with Crippen LogP contribution in [0.3, 0.4) is 0 Å². The minimum atomic E-state index is 0. The summed E-state index contributed by atoms with van der Waals surface area (Å²) in [4.78, 5) is 13.7. The SMILES string of the molecule is CN=C(NCc1cccnc1N1CCOCC1)N1CCc2cc(OC)c(OC)cc2C1.I. The van der Waals surface area contributed by atoms with Gasteiger partial charge in [0.25, 0.3) is 0 Å². The van der Waals surface area contributed by atoms with E-state index < -0.39 is 0 Å². The minimum Gasteiger partial charge on any atom is -0.493 e. The third-order valence-corrected chi connectivity index (χ3v) is 5.84. The van der Waals surface area contributed by atoms with E-state index in [2.05, 4.69) is 43.3 Å². The molecule has 2 aliphatic heterocycles. The first-order chi connectivity index (χ1) is 15.2. The van der Waals surface area contributed by atoms with E-state index in [-0.39, 0.29) is 24.0 Å². The molecule has 2 aliphatic rings. The quantitative estimate of drug-likeness (QED) is 0.347. The first kappa shape index (κ1) is 24.4. The van der Waals surface area contributed by atoms with E-state index in [4.69, 9.17) is 14.2 Å². The van der Waals surface area contributed by atoms with Crippen LogP contribution >= 0.6 is 24.0 Å². The minimum absolute atomic E-state index is 0. The summed E-state index contributed by atoms with van der Waals surface area (Å²) in [6.45, 7) is 5.56. The Kier molecular flexibility index (Phi) is 8.80. The first-order valence-corrected chi connectivity index (χ1v) is 10.7. The third kappa shape index (κ3) is 5.37. The number of hydrogen-bond donors (Lipinski definition) is 1. The molecule has 0 amide bonds. The molecule has 0 saturated carbocycles. The maximum absolute atomic E-state index is 5.49. The van der Waals surface area contributed by atoms with Gasteiger partial charge in [-0.25, -0.2) is 4.98 Å². The Bertz CT molecular complexity index is 934. The molecule has 1 saturated heterocycles. The number of nitrogens with one attached hydrogen (secondary N) is 1. The first-order valence-electron chi connectivity index (χ1n) is 10.7. The van der Waals surface area contributed by atoms with E-state index in [1.165, 1.54) is 11.1 Å². The molecule has 0 bridgehead atoms. The number of nitrogens with zero attached hydrogens (tertiary/aromatic N) is 4. The molecule has 0 unspecified atom stereocenters. The Morgan fingerprint density at radius 2 is 1.84 bits per heavy atom. The molecule has 1 aromatic carbocycles. The molecular formula is C23H32IN5O3. The van der Waals surface area contributed by atoms with Crippen molar-refractivity contribution in [3.8, 4) is 11.5 Å². The fraction of sp³-hybridized carbons (Fsp3) is 0.478. The fourth-order valence-corrected chi connectivity index (χ4v) is 4.20. The highest BCUT2D eigenvalue weighted by atomic mass is 127. The number of aliphatic imine (C=N–C) groups is 1. The number of anilines is 1. The highest BCUT2D eigenvalue weighted by Crippen LogP contribution is 2.33. The number of methoxy groups -OCH3 is 2. The zero-order valence-electron chi connectivity index (χ0n) is 19.0. The predicted octanol–water partition coefficient (Wildman–Crippen LogP) is 2.69. The number of ether oxygens (including phenoxy) is 3. The summed E-state index contributed by atoms with van der Waals surface area (Å²) in [6, 6.07) is 8.28. The van der Waals surface area contributed by atoms with Crippen LogP contribution in [0.25, 0.3) is 0 Å². The standard InChI is InChI=1S/C23H31N5O3.HI/c1-24-23(26-15-18-5-4-7-25-22(18)27-9-11-31-12-10-27)28-8-6-17-13-20(29-2)21(30-3)14-19(17)16-28;/h4-5,7,13-14H,6,8-12,15-16H2,1-3H3,(H,24,26);1H. The van der Waals surface area contributed by atoms with E-state index in [0.29, 0.717) is 6.54 Å². The van der Waals surface area contributed by atoms with E-state index in [0.717, 1.165) is 74.7 Å². The van der Waals surface area contributed by atoms with Crippen molar-refractivity contribution in [2.45, 2.75) is 19.5 Å². The Morgan fingerprint density at radius 1 is 1.12 bits per heavy atom. The molecule has 0 spiro atoms. The van der Waals surface area contributed by atoms with Crippen LogP contribution in [0.1, 0.15) is 16.7 Å². The normalized spacial score (nSPS) is 16.2. The van der Waals surface area contributed by atoms with Gasteiger partial charge < -0.3 is 29.3 Å². The van der Waals surface area contributed by atoms with Crippen LogP contribution in [0.2, 0.25) is 0 Å². The molecule has 32 heavy (non-hydrogen) atoms. The van der Waals surface area contributed by atoms with Crippen LogP contribution in [0.4, 0.5) is 5.82 Å². The van der Waals surface area contributed by atoms with Crippen molar-refractivity contribution in [3.63, 3.8) is 0 Å². The lowest BCUT2D eigenvalue weighted by Gasteiger charge is -2.33. The smallest absolute Gasteiger partial charge is 0.194 e. The van der Waals surface area contributed by atoms with Gasteiger partial charge in [0.05, 0.1) is 27.4 Å². The molecule has 1 aromatic heterocycles. The number of pyridine rings is 1. The Hall–Kier alpha value is -2.27. The third-order valence-electron chi connectivity index (χ3n) is 5.84. The van der Waals surface area contributed by atoms with E-state index >= 15 is 0 Å². The number of fused-ring (bicyclic) bond motifs is 1. The largest absolute Gasteiger partial charge is 0.493 e. The zero-order valence-corrected chi connectivity index (χ0v) is 21.3. The van der Waals surface area contributed by atoms with Gasteiger partial charge in [-0.15, -0.1) is 24.0 Å². The lowest BCUT2D eigenvalue weighted by atomic mass is 9.99. The second-order valence-electron chi connectivity index (χ2n) is 7.63. The van der Waals surface area contributed by atoms with Crippen molar-refractivity contribution in [1.29, 1.82) is 0 Å². The van der Waals surface area contributed by atoms with Crippen LogP contribution < -0.4 is 19.7 Å². The summed E-state index contributed by atoms with van der Waals surface area (Å²) in [5, 5.41) is 3.54. The number of benzene rings is 1. The maximum Gasteiger partial charge on any atom is 0.194 e. The number of halogens is 1. The molecule has 0 radical (unpaired) electrons. The van der Waals surface area contributed by atoms with Gasteiger partial charge in [-0.05, 0) is 35.7 Å². The summed E-state index contributed by atoms with van der Waals surface area (Å²) in [5.41, 5.74) is 3.70. The van der Waals surface area contributed by atoms with Crippen LogP contribution in [-0.2, 0) is 24.2 Å². The van der Waals surface area contributed by atoms with Crippen molar-refractivity contribution in [3.05, 3.63) is 47.2 Å². The molecule has 8 nitrogen and oxygen atoms in total. The fourth-order valence-electron chi connectivity index (χ4n) is 4.20. The monoisotopic (exact) mass is 553 g/mol. The number of morpholine rings is 1. The van der Waals surface area contributed by atoms with Crippen LogP contribution in [0.5, 0.6) is 11.5 Å². The number of hydrogen-bond acceptors (Lipinski definition) is 6. The second kappa shape index (κ2) is 11.6. The molecule has 0 aliphatic carbocycles. The van der Waals surface area contributed by atoms with Gasteiger partial charge in [0.1, 0.15) is 5.82 Å². The Morgan fingerprint density at radius 3 is 2.53 bits per heavy atom. The van der Waals surface area contributed by atoms with E-state index in [9.17, 15) is 0 Å². The average molecular weight is 553 g/mol. The lowest BCUT2D eigenvalue weighted by Crippen LogP contribution is -2.44. The van der Waals surface area contributed by atoms with Gasteiger partial charge in [-0.3, -0.25) is 4.99 Å². The van der Waals surface area contributed by atoms with Crippen molar-refractivity contribution in [2.24, 2.45) is 4.99 Å². The Labute approximate surface area is 207 Å². The van der Waals surface area contributed by atoms with Gasteiger partial charge in [-0.1, -0.05) is 6.07 Å². The summed E-state index contributed by atoms with van der Waals surface area (Å²) in [6.07, 6.45) is 2.79. The number of guanidine groups is 1. The van der Waals surface area contributed by atoms with Crippen LogP contribution in [-0.4, -0.2) is 70.0 Å². The zero-order chi connectivity index (χ0) is 21.6. The van der Waals surface area contributed by atoms with Gasteiger partial charge in [0, 0.05) is 51.5 Å². The van der Waals surface area contributed by atoms with Crippen molar-refractivity contribution >= 4 is 35.8 Å². The molecule has 1 fully saturated rings. The molecule has 2 aromatic rings. The summed E-state index contributed by atoms with van der Waals surface area (Å²) in [5.74, 6) is 3.45.